The van der Waals surface area contributed by atoms with E-state index in [9.17, 15) is 4.79 Å². The van der Waals surface area contributed by atoms with Crippen LogP contribution in [0.15, 0.2) is 4.42 Å². The summed E-state index contributed by atoms with van der Waals surface area (Å²) in [6, 6.07) is 0. The van der Waals surface area contributed by atoms with Crippen molar-refractivity contribution in [3.05, 3.63) is 17.1 Å². The van der Waals surface area contributed by atoms with Crippen molar-refractivity contribution >= 4 is 22.9 Å². The minimum absolute atomic E-state index is 0.266. The molecule has 0 atom stereocenters. The number of fused-ring (bicyclic) bond motifs is 1. The number of nitrogen functional groups attached to an aromatic ring is 1. The quantitative estimate of drug-likeness (QED) is 0.864. The molecule has 2 aromatic rings. The number of hydrogen-bond acceptors (Lipinski definition) is 7. The molecular formula is C16H22N4O3. The summed E-state index contributed by atoms with van der Waals surface area (Å²) in [5.74, 6) is 0.889. The zero-order valence-electron chi connectivity index (χ0n) is 13.6. The van der Waals surface area contributed by atoms with Crippen LogP contribution in [0, 0.1) is 6.92 Å². The molecule has 0 unspecified atom stereocenters. The summed E-state index contributed by atoms with van der Waals surface area (Å²) in [6.07, 6.45) is 3.67. The first kappa shape index (κ1) is 15.7. The van der Waals surface area contributed by atoms with Gasteiger partial charge in [-0.2, -0.15) is 4.98 Å². The van der Waals surface area contributed by atoms with E-state index in [1.165, 1.54) is 19.3 Å². The highest BCUT2D eigenvalue weighted by atomic mass is 16.5. The van der Waals surface area contributed by atoms with Gasteiger partial charge in [0.1, 0.15) is 23.0 Å². The molecule has 2 N–H and O–H groups in total. The van der Waals surface area contributed by atoms with Crippen LogP contribution in [0.3, 0.4) is 0 Å². The summed E-state index contributed by atoms with van der Waals surface area (Å²) in [5.41, 5.74) is 6.75. The molecule has 1 aliphatic rings. The fourth-order valence-electron chi connectivity index (χ4n) is 3.02. The highest BCUT2D eigenvalue weighted by molar-refractivity contribution is 6.07. The number of aryl methyl sites for hydroxylation is 1. The molecule has 0 amide bonds. The van der Waals surface area contributed by atoms with E-state index in [1.54, 1.807) is 13.8 Å². The van der Waals surface area contributed by atoms with E-state index in [-0.39, 0.29) is 5.82 Å². The van der Waals surface area contributed by atoms with Crippen LogP contribution in [0.4, 0.5) is 5.82 Å². The van der Waals surface area contributed by atoms with E-state index in [4.69, 9.17) is 14.9 Å². The van der Waals surface area contributed by atoms with E-state index in [0.29, 0.717) is 41.4 Å². The molecule has 1 saturated heterocycles. The van der Waals surface area contributed by atoms with Gasteiger partial charge in [0.05, 0.1) is 18.5 Å². The van der Waals surface area contributed by atoms with Crippen LogP contribution >= 0.6 is 0 Å². The van der Waals surface area contributed by atoms with Gasteiger partial charge in [0, 0.05) is 0 Å². The Morgan fingerprint density at radius 3 is 2.74 bits per heavy atom. The average Bonchev–Trinajstić information content (AvgIpc) is 2.85. The van der Waals surface area contributed by atoms with E-state index >= 15 is 0 Å². The summed E-state index contributed by atoms with van der Waals surface area (Å²) in [5, 5.41) is 0.448. The molecule has 3 heterocycles. The first-order valence-electron chi connectivity index (χ1n) is 8.05. The van der Waals surface area contributed by atoms with Crippen LogP contribution in [0.2, 0.25) is 0 Å². The third-order valence-electron chi connectivity index (χ3n) is 4.10. The summed E-state index contributed by atoms with van der Waals surface area (Å²) < 4.78 is 10.7. The van der Waals surface area contributed by atoms with Gasteiger partial charge < -0.3 is 14.9 Å². The molecule has 0 radical (unpaired) electrons. The van der Waals surface area contributed by atoms with Gasteiger partial charge in [-0.1, -0.05) is 6.42 Å². The van der Waals surface area contributed by atoms with Crippen molar-refractivity contribution < 1.29 is 13.9 Å². The first-order chi connectivity index (χ1) is 11.1. The van der Waals surface area contributed by atoms with E-state index in [1.807, 2.05) is 0 Å². The van der Waals surface area contributed by atoms with E-state index in [0.717, 1.165) is 13.1 Å². The molecule has 0 saturated carbocycles. The number of carbonyl (C=O) groups is 1. The fourth-order valence-corrected chi connectivity index (χ4v) is 3.02. The minimum Gasteiger partial charge on any atom is -0.462 e. The van der Waals surface area contributed by atoms with Gasteiger partial charge in [-0.05, 0) is 39.8 Å². The second-order valence-corrected chi connectivity index (χ2v) is 5.80. The Labute approximate surface area is 134 Å². The third kappa shape index (κ3) is 3.14. The Morgan fingerprint density at radius 2 is 2.04 bits per heavy atom. The molecule has 3 rings (SSSR count). The Hall–Kier alpha value is -2.15. The number of furan rings is 1. The molecule has 0 spiro atoms. The number of nitrogens with zero attached hydrogens (tertiary/aromatic N) is 3. The van der Waals surface area contributed by atoms with Crippen molar-refractivity contribution in [3.8, 4) is 0 Å². The molecular weight excluding hydrogens is 296 g/mol. The van der Waals surface area contributed by atoms with Gasteiger partial charge in [-0.15, -0.1) is 0 Å². The summed E-state index contributed by atoms with van der Waals surface area (Å²) in [7, 11) is 0. The van der Waals surface area contributed by atoms with Gasteiger partial charge in [0.25, 0.3) is 0 Å². The first-order valence-corrected chi connectivity index (χ1v) is 8.05. The van der Waals surface area contributed by atoms with Crippen molar-refractivity contribution in [2.45, 2.75) is 39.7 Å². The normalized spacial score (nSPS) is 15.9. The lowest BCUT2D eigenvalue weighted by Gasteiger charge is -2.25. The van der Waals surface area contributed by atoms with Crippen LogP contribution in [-0.4, -0.2) is 40.5 Å². The number of rotatable bonds is 4. The Balaban J connectivity index is 1.94. The largest absolute Gasteiger partial charge is 0.462 e. The second-order valence-electron chi connectivity index (χ2n) is 5.80. The average molecular weight is 318 g/mol. The molecule has 124 valence electrons. The van der Waals surface area contributed by atoms with Crippen molar-refractivity contribution in [1.82, 2.24) is 14.9 Å². The summed E-state index contributed by atoms with van der Waals surface area (Å²) >= 11 is 0. The number of aromatic nitrogens is 2. The molecule has 0 bridgehead atoms. The highest BCUT2D eigenvalue weighted by Gasteiger charge is 2.24. The van der Waals surface area contributed by atoms with Crippen molar-refractivity contribution in [3.63, 3.8) is 0 Å². The number of carbonyl (C=O) groups excluding carboxylic acids is 1. The minimum atomic E-state index is -0.456. The predicted octanol–water partition coefficient (Wildman–Crippen LogP) is 2.28. The molecule has 2 aromatic heterocycles. The lowest BCUT2D eigenvalue weighted by atomic mass is 10.1. The van der Waals surface area contributed by atoms with Gasteiger partial charge in [-0.3, -0.25) is 4.90 Å². The Morgan fingerprint density at radius 1 is 1.30 bits per heavy atom. The molecule has 1 aliphatic heterocycles. The second kappa shape index (κ2) is 6.54. The topological polar surface area (TPSA) is 94.5 Å². The lowest BCUT2D eigenvalue weighted by molar-refractivity contribution is 0.0526. The standard InChI is InChI=1S/C16H22N4O3/c1-3-22-16(21)12-10(2)23-15-13(12)14(17)18-11(19-15)9-20-7-5-4-6-8-20/h3-9H2,1-2H3,(H2,17,18,19). The number of nitrogens with two attached hydrogens (primary N) is 1. The molecule has 7 nitrogen and oxygen atoms in total. The zero-order chi connectivity index (χ0) is 16.4. The van der Waals surface area contributed by atoms with Crippen LogP contribution in [0.25, 0.3) is 11.1 Å². The summed E-state index contributed by atoms with van der Waals surface area (Å²) in [6.45, 7) is 6.50. The van der Waals surface area contributed by atoms with Gasteiger partial charge in [0.15, 0.2) is 0 Å². The van der Waals surface area contributed by atoms with Gasteiger partial charge in [-0.25, -0.2) is 9.78 Å². The Kier molecular flexibility index (Phi) is 4.47. The maximum atomic E-state index is 12.1. The number of anilines is 1. The predicted molar refractivity (Wildman–Crippen MR) is 86.0 cm³/mol. The SMILES string of the molecule is CCOC(=O)c1c(C)oc2nc(CN3CCCCC3)nc(N)c12. The van der Waals surface area contributed by atoms with Crippen molar-refractivity contribution in [1.29, 1.82) is 0 Å². The Bertz CT molecular complexity index is 720. The van der Waals surface area contributed by atoms with Crippen molar-refractivity contribution in [2.24, 2.45) is 0 Å². The van der Waals surface area contributed by atoms with Crippen LogP contribution in [0.1, 0.15) is 48.1 Å². The smallest absolute Gasteiger partial charge is 0.342 e. The lowest BCUT2D eigenvalue weighted by Crippen LogP contribution is -2.30. The highest BCUT2D eigenvalue weighted by Crippen LogP contribution is 2.29. The number of likely N-dealkylation sites (tertiary alicyclic amines) is 1. The van der Waals surface area contributed by atoms with Gasteiger partial charge >= 0.3 is 5.97 Å². The maximum absolute atomic E-state index is 12.1. The fraction of sp³-hybridized carbons (Fsp3) is 0.562. The summed E-state index contributed by atoms with van der Waals surface area (Å²) in [4.78, 5) is 23.2. The molecule has 0 aromatic carbocycles. The number of esters is 1. The van der Waals surface area contributed by atoms with Crippen LogP contribution in [-0.2, 0) is 11.3 Å². The van der Waals surface area contributed by atoms with Crippen LogP contribution in [0.5, 0.6) is 0 Å². The number of ether oxygens (including phenoxy) is 1. The molecule has 23 heavy (non-hydrogen) atoms. The van der Waals surface area contributed by atoms with Gasteiger partial charge in [0.2, 0.25) is 5.71 Å². The molecule has 7 heteroatoms. The number of piperidine rings is 1. The molecule has 1 fully saturated rings. The van der Waals surface area contributed by atoms with Crippen LogP contribution < -0.4 is 5.73 Å². The van der Waals surface area contributed by atoms with E-state index < -0.39 is 5.97 Å². The third-order valence-corrected chi connectivity index (χ3v) is 4.10. The van der Waals surface area contributed by atoms with Crippen molar-refractivity contribution in [2.75, 3.05) is 25.4 Å². The monoisotopic (exact) mass is 318 g/mol. The maximum Gasteiger partial charge on any atom is 0.342 e. The molecule has 0 aliphatic carbocycles. The zero-order valence-corrected chi connectivity index (χ0v) is 13.6. The van der Waals surface area contributed by atoms with E-state index in [2.05, 4.69) is 14.9 Å². The number of hydrogen-bond donors (Lipinski definition) is 1.